The predicted molar refractivity (Wildman–Crippen MR) is 103 cm³/mol. The molecule has 0 unspecified atom stereocenters. The summed E-state index contributed by atoms with van der Waals surface area (Å²) in [6, 6.07) is 11.0. The topological polar surface area (TPSA) is 56.2 Å². The Morgan fingerprint density at radius 1 is 1.27 bits per heavy atom. The number of hydrogen-bond donors (Lipinski definition) is 1. The minimum Gasteiger partial charge on any atom is -0.479 e. The summed E-state index contributed by atoms with van der Waals surface area (Å²) in [7, 11) is 0. The largest absolute Gasteiger partial charge is 0.479 e. The quantitative estimate of drug-likeness (QED) is 0.681. The van der Waals surface area contributed by atoms with Crippen molar-refractivity contribution in [1.29, 1.82) is 0 Å². The molecular weight excluding hydrogens is 370 g/mol. The molecule has 0 fully saturated rings. The molecule has 1 aromatic carbocycles. The zero-order chi connectivity index (χ0) is 18.4. The van der Waals surface area contributed by atoms with Gasteiger partial charge in [0.15, 0.2) is 5.13 Å². The first-order chi connectivity index (χ1) is 12.6. The van der Waals surface area contributed by atoms with Crippen LogP contribution in [0.15, 0.2) is 48.8 Å². The van der Waals surface area contributed by atoms with Crippen LogP contribution in [-0.2, 0) is 0 Å². The molecule has 0 aliphatic heterocycles. The molecule has 0 aliphatic rings. The summed E-state index contributed by atoms with van der Waals surface area (Å²) in [6.07, 6.45) is 3.79. The number of rotatable bonds is 5. The lowest BCUT2D eigenvalue weighted by Crippen LogP contribution is -2.23. The third-order valence-corrected chi connectivity index (χ3v) is 4.90. The first kappa shape index (κ1) is 18.1. The zero-order valence-electron chi connectivity index (χ0n) is 14.0. The van der Waals surface area contributed by atoms with Gasteiger partial charge in [-0.15, -0.1) is 0 Å². The van der Waals surface area contributed by atoms with Crippen molar-refractivity contribution in [2.24, 2.45) is 0 Å². The number of halogens is 1. The molecule has 1 amide bonds. The molecule has 0 atom stereocenters. The number of amides is 1. The number of thiazole rings is 1. The highest BCUT2D eigenvalue weighted by atomic mass is 35.5. The fraction of sp³-hybridized carbons (Fsp3) is 0.158. The number of benzene rings is 1. The second-order valence-corrected chi connectivity index (χ2v) is 6.64. The van der Waals surface area contributed by atoms with E-state index in [9.17, 15) is 4.79 Å². The molecule has 132 valence electrons. The number of ether oxygens (including phenoxy) is 1. The van der Waals surface area contributed by atoms with E-state index in [1.54, 1.807) is 12.1 Å². The summed E-state index contributed by atoms with van der Waals surface area (Å²) in [5, 5.41) is 4.08. The van der Waals surface area contributed by atoms with E-state index < -0.39 is 0 Å². The van der Waals surface area contributed by atoms with Crippen LogP contribution in [0.4, 0.5) is 0 Å². The molecule has 5 nitrogen and oxygen atoms in total. The number of nitrogens with zero attached hydrogens (tertiary/aromatic N) is 2. The molecule has 7 heteroatoms. The van der Waals surface area contributed by atoms with Gasteiger partial charge >= 0.3 is 0 Å². The van der Waals surface area contributed by atoms with E-state index in [1.165, 1.54) is 11.3 Å². The van der Waals surface area contributed by atoms with Gasteiger partial charge in [0.05, 0.1) is 17.3 Å². The van der Waals surface area contributed by atoms with Crippen molar-refractivity contribution in [2.75, 3.05) is 13.2 Å². The average molecular weight is 386 g/mol. The summed E-state index contributed by atoms with van der Waals surface area (Å²) in [5.41, 5.74) is 0.700. The fourth-order valence-corrected chi connectivity index (χ4v) is 3.30. The van der Waals surface area contributed by atoms with Crippen LogP contribution in [0, 0.1) is 18.8 Å². The molecule has 0 radical (unpaired) electrons. The molecule has 26 heavy (non-hydrogen) atoms. The minimum absolute atomic E-state index is 0.181. The van der Waals surface area contributed by atoms with E-state index in [0.29, 0.717) is 21.3 Å². The maximum atomic E-state index is 12.3. The van der Waals surface area contributed by atoms with Crippen LogP contribution in [0.5, 0.6) is 5.75 Å². The van der Waals surface area contributed by atoms with Gasteiger partial charge in [0, 0.05) is 12.4 Å². The highest BCUT2D eigenvalue weighted by molar-refractivity contribution is 7.16. The predicted octanol–water partition coefficient (Wildman–Crippen LogP) is 3.71. The van der Waals surface area contributed by atoms with Crippen molar-refractivity contribution < 1.29 is 9.53 Å². The molecule has 0 aliphatic carbocycles. The molecule has 3 rings (SSSR count). The van der Waals surface area contributed by atoms with Crippen LogP contribution in [0.2, 0.25) is 5.02 Å². The van der Waals surface area contributed by atoms with Crippen molar-refractivity contribution in [2.45, 2.75) is 6.92 Å². The molecule has 0 saturated heterocycles. The molecule has 1 N–H and O–H groups in total. The first-order valence-corrected chi connectivity index (χ1v) is 9.06. The monoisotopic (exact) mass is 385 g/mol. The van der Waals surface area contributed by atoms with E-state index >= 15 is 0 Å². The number of carbonyl (C=O) groups is 1. The van der Waals surface area contributed by atoms with Crippen molar-refractivity contribution in [1.82, 2.24) is 14.9 Å². The van der Waals surface area contributed by atoms with Crippen molar-refractivity contribution >= 4 is 28.8 Å². The van der Waals surface area contributed by atoms with E-state index in [-0.39, 0.29) is 19.1 Å². The summed E-state index contributed by atoms with van der Waals surface area (Å²) >= 11 is 7.34. The lowest BCUT2D eigenvalue weighted by molar-refractivity contribution is 0.0962. The lowest BCUT2D eigenvalue weighted by atomic mass is 10.3. The van der Waals surface area contributed by atoms with E-state index in [4.69, 9.17) is 16.3 Å². The number of carbonyl (C=O) groups excluding carboxylic acids is 1. The molecular formula is C19H16ClN3O2S. The summed E-state index contributed by atoms with van der Waals surface area (Å²) in [5.74, 6) is 6.11. The van der Waals surface area contributed by atoms with E-state index in [0.717, 1.165) is 5.13 Å². The van der Waals surface area contributed by atoms with Crippen LogP contribution in [-0.4, -0.2) is 28.6 Å². The maximum Gasteiger partial charge on any atom is 0.264 e. The zero-order valence-corrected chi connectivity index (χ0v) is 15.6. The molecule has 0 saturated carbocycles. The average Bonchev–Trinajstić information content (AvgIpc) is 3.28. The number of hydrogen-bond acceptors (Lipinski definition) is 4. The third-order valence-electron chi connectivity index (χ3n) is 3.42. The first-order valence-electron chi connectivity index (χ1n) is 7.87. The van der Waals surface area contributed by atoms with Gasteiger partial charge < -0.3 is 14.6 Å². The Morgan fingerprint density at radius 3 is 2.81 bits per heavy atom. The number of aromatic nitrogens is 2. The summed E-state index contributed by atoms with van der Waals surface area (Å²) < 4.78 is 7.34. The Morgan fingerprint density at radius 2 is 2.04 bits per heavy atom. The van der Waals surface area contributed by atoms with Gasteiger partial charge in [-0.05, 0) is 31.2 Å². The number of nitrogens with one attached hydrogen (secondary N) is 1. The molecule has 0 spiro atoms. The minimum atomic E-state index is -0.181. The van der Waals surface area contributed by atoms with E-state index in [2.05, 4.69) is 22.1 Å². The summed E-state index contributed by atoms with van der Waals surface area (Å²) in [4.78, 5) is 17.3. The lowest BCUT2D eigenvalue weighted by Gasteiger charge is -2.03. The molecule has 0 bridgehead atoms. The Kier molecular flexibility index (Phi) is 5.95. The number of para-hydroxylation sites is 1. The van der Waals surface area contributed by atoms with Crippen LogP contribution >= 0.6 is 22.9 Å². The maximum absolute atomic E-state index is 12.3. The van der Waals surface area contributed by atoms with Crippen molar-refractivity contribution in [3.05, 3.63) is 64.4 Å². The Labute approximate surface area is 160 Å². The molecule has 2 heterocycles. The second kappa shape index (κ2) is 8.56. The standard InChI is InChI=1S/C19H16ClN3O2S/c1-14-17(26-19(22-14)23-11-5-6-12-23)18(24)21-10-4-7-13-25-16-9-3-2-8-15(16)20/h2-3,5-6,8-9,11-12H,10,13H2,1H3,(H,21,24). The van der Waals surface area contributed by atoms with Gasteiger partial charge in [-0.2, -0.15) is 0 Å². The Balaban J connectivity index is 1.50. The molecule has 3 aromatic rings. The van der Waals surface area contributed by atoms with Crippen LogP contribution < -0.4 is 10.1 Å². The van der Waals surface area contributed by atoms with Gasteiger partial charge in [0.25, 0.3) is 5.91 Å². The highest BCUT2D eigenvalue weighted by Crippen LogP contribution is 2.23. The van der Waals surface area contributed by atoms with Crippen molar-refractivity contribution in [3.8, 4) is 22.7 Å². The third kappa shape index (κ3) is 4.45. The van der Waals surface area contributed by atoms with E-state index in [1.807, 2.05) is 48.1 Å². The molecule has 2 aromatic heterocycles. The van der Waals surface area contributed by atoms with Gasteiger partial charge in [-0.25, -0.2) is 4.98 Å². The van der Waals surface area contributed by atoms with Gasteiger partial charge in [0.2, 0.25) is 0 Å². The smallest absolute Gasteiger partial charge is 0.264 e. The van der Waals surface area contributed by atoms with Gasteiger partial charge in [-0.1, -0.05) is 46.9 Å². The highest BCUT2D eigenvalue weighted by Gasteiger charge is 2.15. The van der Waals surface area contributed by atoms with Crippen LogP contribution in [0.1, 0.15) is 15.4 Å². The van der Waals surface area contributed by atoms with Gasteiger partial charge in [-0.3, -0.25) is 4.79 Å². The second-order valence-electron chi connectivity index (χ2n) is 5.26. The van der Waals surface area contributed by atoms with Gasteiger partial charge in [0.1, 0.15) is 17.2 Å². The Bertz CT molecular complexity index is 955. The Hall–Kier alpha value is -2.75. The fourth-order valence-electron chi connectivity index (χ4n) is 2.16. The number of aryl methyl sites for hydroxylation is 1. The summed E-state index contributed by atoms with van der Waals surface area (Å²) in [6.45, 7) is 2.26. The van der Waals surface area contributed by atoms with Crippen LogP contribution in [0.25, 0.3) is 5.13 Å². The van der Waals surface area contributed by atoms with Crippen molar-refractivity contribution in [3.63, 3.8) is 0 Å². The van der Waals surface area contributed by atoms with Crippen LogP contribution in [0.3, 0.4) is 0 Å². The SMILES string of the molecule is Cc1nc(-n2cccc2)sc1C(=O)NCC#CCOc1ccccc1Cl. The normalized spacial score (nSPS) is 10.1.